The number of H-pyrrole nitrogens is 1. The van der Waals surface area contributed by atoms with Crippen LogP contribution >= 0.6 is 11.8 Å². The van der Waals surface area contributed by atoms with E-state index in [9.17, 15) is 9.59 Å². The van der Waals surface area contributed by atoms with Gasteiger partial charge in [-0.15, -0.1) is 11.8 Å². The Labute approximate surface area is 161 Å². The van der Waals surface area contributed by atoms with Crippen LogP contribution < -0.4 is 4.90 Å². The summed E-state index contributed by atoms with van der Waals surface area (Å²) in [6.07, 6.45) is 2.51. The smallest absolute Gasteiger partial charge is 0.340 e. The quantitative estimate of drug-likeness (QED) is 0.690. The lowest BCUT2D eigenvalue weighted by atomic mass is 10.2. The van der Waals surface area contributed by atoms with Gasteiger partial charge in [0.15, 0.2) is 6.61 Å². The molecule has 1 aromatic heterocycles. The Morgan fingerprint density at radius 2 is 1.96 bits per heavy atom. The van der Waals surface area contributed by atoms with Gasteiger partial charge in [-0.05, 0) is 24.6 Å². The van der Waals surface area contributed by atoms with Crippen molar-refractivity contribution < 1.29 is 14.3 Å². The topological polar surface area (TPSA) is 62.4 Å². The van der Waals surface area contributed by atoms with Crippen LogP contribution in [0.15, 0.2) is 59.6 Å². The molecule has 0 bridgehead atoms. The number of hydrogen-bond donors (Lipinski definition) is 1. The van der Waals surface area contributed by atoms with Crippen LogP contribution in [0.25, 0.3) is 10.9 Å². The van der Waals surface area contributed by atoms with Crippen LogP contribution in [0.4, 0.5) is 5.69 Å². The molecule has 2 heterocycles. The average Bonchev–Trinajstić information content (AvgIpc) is 3.03. The van der Waals surface area contributed by atoms with Crippen molar-refractivity contribution in [1.82, 2.24) is 4.98 Å². The van der Waals surface area contributed by atoms with Gasteiger partial charge in [-0.3, -0.25) is 4.79 Å². The standard InChI is InChI=1S/C21H20N2O3S/c1-14-10-11-23(18-8-4-5-9-19(18)27-14)20(24)13-26-21(25)16-12-22-17-7-3-2-6-15(16)17/h2-9,12,14,22H,10-11,13H2,1H3/t14-/m1/s1. The third-order valence-electron chi connectivity index (χ3n) is 4.68. The van der Waals surface area contributed by atoms with E-state index < -0.39 is 5.97 Å². The predicted molar refractivity (Wildman–Crippen MR) is 107 cm³/mol. The first-order valence-corrected chi connectivity index (χ1v) is 9.81. The Bertz CT molecular complexity index is 998. The zero-order valence-corrected chi connectivity index (χ0v) is 15.8. The van der Waals surface area contributed by atoms with Gasteiger partial charge in [-0.25, -0.2) is 4.79 Å². The molecule has 1 amide bonds. The zero-order chi connectivity index (χ0) is 18.8. The summed E-state index contributed by atoms with van der Waals surface area (Å²) in [6.45, 7) is 2.51. The minimum Gasteiger partial charge on any atom is -0.452 e. The molecule has 1 N–H and O–H groups in total. The van der Waals surface area contributed by atoms with Crippen molar-refractivity contribution in [2.24, 2.45) is 0 Å². The number of benzene rings is 2. The Balaban J connectivity index is 1.49. The molecule has 138 valence electrons. The molecule has 0 radical (unpaired) electrons. The maximum atomic E-state index is 12.8. The number of esters is 1. The molecule has 5 nitrogen and oxygen atoms in total. The molecule has 1 aliphatic rings. The number of thioether (sulfide) groups is 1. The van der Waals surface area contributed by atoms with Crippen LogP contribution in [0.2, 0.25) is 0 Å². The highest BCUT2D eigenvalue weighted by molar-refractivity contribution is 8.00. The highest BCUT2D eigenvalue weighted by Gasteiger charge is 2.25. The molecule has 3 aromatic rings. The number of fused-ring (bicyclic) bond motifs is 2. The van der Waals surface area contributed by atoms with E-state index in [0.29, 0.717) is 17.4 Å². The molecule has 6 heteroatoms. The van der Waals surface area contributed by atoms with Gasteiger partial charge in [0.1, 0.15) is 0 Å². The number of aromatic nitrogens is 1. The average molecular weight is 380 g/mol. The molecular weight excluding hydrogens is 360 g/mol. The van der Waals surface area contributed by atoms with E-state index in [-0.39, 0.29) is 12.5 Å². The fourth-order valence-corrected chi connectivity index (χ4v) is 4.38. The van der Waals surface area contributed by atoms with Gasteiger partial charge in [0.05, 0.1) is 11.3 Å². The second-order valence-electron chi connectivity index (χ2n) is 6.55. The molecule has 2 aromatic carbocycles. The van der Waals surface area contributed by atoms with E-state index in [1.165, 1.54) is 0 Å². The minimum atomic E-state index is -0.494. The third-order valence-corrected chi connectivity index (χ3v) is 5.92. The normalized spacial score (nSPS) is 16.6. The summed E-state index contributed by atoms with van der Waals surface area (Å²) in [5.41, 5.74) is 2.20. The number of hydrogen-bond acceptors (Lipinski definition) is 4. The largest absolute Gasteiger partial charge is 0.452 e. The first-order chi connectivity index (χ1) is 13.1. The van der Waals surface area contributed by atoms with E-state index in [4.69, 9.17) is 4.74 Å². The second-order valence-corrected chi connectivity index (χ2v) is 8.03. The highest BCUT2D eigenvalue weighted by Crippen LogP contribution is 2.37. The van der Waals surface area contributed by atoms with Gasteiger partial charge < -0.3 is 14.6 Å². The van der Waals surface area contributed by atoms with Crippen molar-refractivity contribution in [3.05, 3.63) is 60.3 Å². The monoisotopic (exact) mass is 380 g/mol. The number of carbonyl (C=O) groups is 2. The fourth-order valence-electron chi connectivity index (χ4n) is 3.27. The van der Waals surface area contributed by atoms with E-state index in [1.54, 1.807) is 22.9 Å². The number of carbonyl (C=O) groups excluding carboxylic acids is 2. The second kappa shape index (κ2) is 7.48. The first kappa shape index (κ1) is 17.7. The number of ether oxygens (including phenoxy) is 1. The van der Waals surface area contributed by atoms with Crippen molar-refractivity contribution in [2.75, 3.05) is 18.1 Å². The van der Waals surface area contributed by atoms with Crippen molar-refractivity contribution in [3.8, 4) is 0 Å². The molecule has 0 unspecified atom stereocenters. The lowest BCUT2D eigenvalue weighted by molar-refractivity contribution is -0.121. The van der Waals surface area contributed by atoms with Gasteiger partial charge >= 0.3 is 5.97 Å². The van der Waals surface area contributed by atoms with Crippen LogP contribution in [0.5, 0.6) is 0 Å². The maximum Gasteiger partial charge on any atom is 0.340 e. The van der Waals surface area contributed by atoms with E-state index in [2.05, 4.69) is 11.9 Å². The van der Waals surface area contributed by atoms with Crippen LogP contribution in [0, 0.1) is 0 Å². The van der Waals surface area contributed by atoms with Crippen LogP contribution in [0.3, 0.4) is 0 Å². The number of nitrogens with one attached hydrogen (secondary N) is 1. The molecule has 1 aliphatic heterocycles. The summed E-state index contributed by atoms with van der Waals surface area (Å²) in [5, 5.41) is 1.22. The number of para-hydroxylation sites is 2. The lowest BCUT2D eigenvalue weighted by Gasteiger charge is -2.22. The van der Waals surface area contributed by atoms with Crippen molar-refractivity contribution in [3.63, 3.8) is 0 Å². The highest BCUT2D eigenvalue weighted by atomic mass is 32.2. The van der Waals surface area contributed by atoms with Gasteiger partial charge in [0.25, 0.3) is 5.91 Å². The molecule has 1 atom stereocenters. The van der Waals surface area contributed by atoms with E-state index in [1.807, 2.05) is 48.5 Å². The fraction of sp³-hybridized carbons (Fsp3) is 0.238. The van der Waals surface area contributed by atoms with Gasteiger partial charge in [0.2, 0.25) is 0 Å². The van der Waals surface area contributed by atoms with Crippen LogP contribution in [-0.4, -0.2) is 35.3 Å². The van der Waals surface area contributed by atoms with Crippen molar-refractivity contribution >= 4 is 40.2 Å². The van der Waals surface area contributed by atoms with Crippen molar-refractivity contribution in [2.45, 2.75) is 23.5 Å². The summed E-state index contributed by atoms with van der Waals surface area (Å²) >= 11 is 1.77. The zero-order valence-electron chi connectivity index (χ0n) is 15.0. The van der Waals surface area contributed by atoms with Crippen molar-refractivity contribution in [1.29, 1.82) is 0 Å². The summed E-state index contributed by atoms with van der Waals surface area (Å²) in [7, 11) is 0. The Hall–Kier alpha value is -2.73. The number of nitrogens with zero attached hydrogens (tertiary/aromatic N) is 1. The van der Waals surface area contributed by atoms with Gasteiger partial charge in [-0.2, -0.15) is 0 Å². The lowest BCUT2D eigenvalue weighted by Crippen LogP contribution is -2.35. The number of aromatic amines is 1. The maximum absolute atomic E-state index is 12.8. The predicted octanol–water partition coefficient (Wildman–Crippen LogP) is 4.24. The Morgan fingerprint density at radius 1 is 1.19 bits per heavy atom. The van der Waals surface area contributed by atoms with Crippen LogP contribution in [-0.2, 0) is 9.53 Å². The molecule has 0 saturated carbocycles. The van der Waals surface area contributed by atoms with Crippen LogP contribution in [0.1, 0.15) is 23.7 Å². The molecule has 0 fully saturated rings. The molecule has 0 aliphatic carbocycles. The SMILES string of the molecule is C[C@@H]1CCN(C(=O)COC(=O)c2c[nH]c3ccccc23)c2ccccc2S1. The Kier molecular flexibility index (Phi) is 4.90. The molecule has 0 saturated heterocycles. The number of amides is 1. The molecule has 27 heavy (non-hydrogen) atoms. The first-order valence-electron chi connectivity index (χ1n) is 8.93. The molecule has 0 spiro atoms. The molecular formula is C21H20N2O3S. The summed E-state index contributed by atoms with van der Waals surface area (Å²) < 4.78 is 5.34. The van der Waals surface area contributed by atoms with E-state index >= 15 is 0 Å². The van der Waals surface area contributed by atoms with Gasteiger partial charge in [0, 0.05) is 33.8 Å². The number of anilines is 1. The number of rotatable bonds is 3. The summed E-state index contributed by atoms with van der Waals surface area (Å²) in [5.74, 6) is -0.697. The summed E-state index contributed by atoms with van der Waals surface area (Å²) in [4.78, 5) is 31.1. The van der Waals surface area contributed by atoms with Gasteiger partial charge in [-0.1, -0.05) is 37.3 Å². The van der Waals surface area contributed by atoms with E-state index in [0.717, 1.165) is 27.9 Å². The summed E-state index contributed by atoms with van der Waals surface area (Å²) in [6, 6.07) is 15.4. The minimum absolute atomic E-state index is 0.203. The third kappa shape index (κ3) is 3.57. The molecule has 4 rings (SSSR count). The Morgan fingerprint density at radius 3 is 2.85 bits per heavy atom.